The molecule has 0 unspecified atom stereocenters. The molecule has 118 valence electrons. The van der Waals surface area contributed by atoms with Gasteiger partial charge in [-0.1, -0.05) is 29.8 Å². The molecule has 1 aliphatic rings. The second-order valence-corrected chi connectivity index (χ2v) is 5.58. The van der Waals surface area contributed by atoms with Gasteiger partial charge in [0.15, 0.2) is 5.41 Å². The Balaban J connectivity index is 2.54. The lowest BCUT2D eigenvalue weighted by atomic mass is 9.73. The number of allylic oxidation sites excluding steroid dienone is 1. The standard InChI is InChI=1S/C18H22O4/c1-5-21-16(19)18(17(20)22-6-2)10-13(4)15-8-7-12(3)9-14(15)11-18/h7-10H,5-6,11H2,1-4H3. The van der Waals surface area contributed by atoms with Crippen LogP contribution in [-0.4, -0.2) is 25.2 Å². The normalized spacial score (nSPS) is 15.5. The van der Waals surface area contributed by atoms with Crippen molar-refractivity contribution in [2.45, 2.75) is 34.1 Å². The van der Waals surface area contributed by atoms with Crippen molar-refractivity contribution in [3.8, 4) is 0 Å². The van der Waals surface area contributed by atoms with Gasteiger partial charge in [0.25, 0.3) is 0 Å². The molecular formula is C18H22O4. The number of esters is 2. The van der Waals surface area contributed by atoms with E-state index >= 15 is 0 Å². The monoisotopic (exact) mass is 302 g/mol. The van der Waals surface area contributed by atoms with Crippen molar-refractivity contribution in [1.29, 1.82) is 0 Å². The second kappa shape index (κ2) is 6.34. The lowest BCUT2D eigenvalue weighted by molar-refractivity contribution is -0.168. The van der Waals surface area contributed by atoms with E-state index < -0.39 is 17.4 Å². The first-order valence-electron chi connectivity index (χ1n) is 7.58. The van der Waals surface area contributed by atoms with Crippen LogP contribution in [0.15, 0.2) is 24.3 Å². The molecule has 1 aromatic rings. The van der Waals surface area contributed by atoms with Crippen LogP contribution in [0.4, 0.5) is 0 Å². The van der Waals surface area contributed by atoms with Crippen LogP contribution in [-0.2, 0) is 25.5 Å². The number of hydrogen-bond donors (Lipinski definition) is 0. The number of fused-ring (bicyclic) bond motifs is 1. The predicted molar refractivity (Wildman–Crippen MR) is 84.2 cm³/mol. The molecule has 0 saturated carbocycles. The summed E-state index contributed by atoms with van der Waals surface area (Å²) >= 11 is 0. The number of carbonyl (C=O) groups excluding carboxylic acids is 2. The van der Waals surface area contributed by atoms with E-state index in [0.29, 0.717) is 0 Å². The Kier molecular flexibility index (Phi) is 4.69. The van der Waals surface area contributed by atoms with Crippen molar-refractivity contribution >= 4 is 17.5 Å². The maximum absolute atomic E-state index is 12.5. The molecule has 0 fully saturated rings. The van der Waals surface area contributed by atoms with Gasteiger partial charge in [-0.05, 0) is 44.4 Å². The van der Waals surface area contributed by atoms with E-state index in [-0.39, 0.29) is 19.6 Å². The molecule has 0 N–H and O–H groups in total. The minimum atomic E-state index is -1.38. The summed E-state index contributed by atoms with van der Waals surface area (Å²) in [5, 5.41) is 0. The summed E-state index contributed by atoms with van der Waals surface area (Å²) in [6.45, 7) is 7.81. The minimum absolute atomic E-state index is 0.230. The van der Waals surface area contributed by atoms with Crippen molar-refractivity contribution in [3.05, 3.63) is 41.0 Å². The predicted octanol–water partition coefficient (Wildman–Crippen LogP) is 3.07. The lowest BCUT2D eigenvalue weighted by Crippen LogP contribution is -2.44. The fourth-order valence-electron chi connectivity index (χ4n) is 2.92. The lowest BCUT2D eigenvalue weighted by Gasteiger charge is -2.31. The summed E-state index contributed by atoms with van der Waals surface area (Å²) in [7, 11) is 0. The molecule has 0 aromatic heterocycles. The number of carbonyl (C=O) groups is 2. The van der Waals surface area contributed by atoms with Gasteiger partial charge in [-0.15, -0.1) is 0 Å². The van der Waals surface area contributed by atoms with E-state index in [1.165, 1.54) is 0 Å². The molecule has 22 heavy (non-hydrogen) atoms. The fraction of sp³-hybridized carbons (Fsp3) is 0.444. The summed E-state index contributed by atoms with van der Waals surface area (Å²) in [5.74, 6) is -1.08. The SMILES string of the molecule is CCOC(=O)C1(C(=O)OCC)C=C(C)c2ccc(C)cc2C1. The highest BCUT2D eigenvalue weighted by Crippen LogP contribution is 2.39. The van der Waals surface area contributed by atoms with Gasteiger partial charge in [-0.3, -0.25) is 9.59 Å². The van der Waals surface area contributed by atoms with E-state index in [0.717, 1.165) is 22.3 Å². The van der Waals surface area contributed by atoms with Crippen LogP contribution >= 0.6 is 0 Å². The first-order chi connectivity index (χ1) is 10.4. The average molecular weight is 302 g/mol. The third-order valence-corrected chi connectivity index (χ3v) is 3.90. The summed E-state index contributed by atoms with van der Waals surface area (Å²) in [4.78, 5) is 25.0. The van der Waals surface area contributed by atoms with Crippen LogP contribution < -0.4 is 0 Å². The second-order valence-electron chi connectivity index (χ2n) is 5.58. The summed E-state index contributed by atoms with van der Waals surface area (Å²) < 4.78 is 10.3. The van der Waals surface area contributed by atoms with Crippen LogP contribution in [0.3, 0.4) is 0 Å². The number of rotatable bonds is 4. The van der Waals surface area contributed by atoms with Crippen molar-refractivity contribution in [2.24, 2.45) is 5.41 Å². The quantitative estimate of drug-likeness (QED) is 0.633. The van der Waals surface area contributed by atoms with Crippen molar-refractivity contribution < 1.29 is 19.1 Å². The Bertz CT molecular complexity index is 610. The van der Waals surface area contributed by atoms with Gasteiger partial charge < -0.3 is 9.47 Å². The number of benzene rings is 1. The van der Waals surface area contributed by atoms with Gasteiger partial charge in [-0.25, -0.2) is 0 Å². The molecule has 0 aliphatic heterocycles. The highest BCUT2D eigenvalue weighted by molar-refractivity contribution is 6.05. The molecule has 1 aliphatic carbocycles. The zero-order valence-corrected chi connectivity index (χ0v) is 13.6. The Morgan fingerprint density at radius 3 is 2.23 bits per heavy atom. The van der Waals surface area contributed by atoms with Gasteiger partial charge in [0.05, 0.1) is 13.2 Å². The smallest absolute Gasteiger partial charge is 0.327 e. The molecule has 0 spiro atoms. The number of aryl methyl sites for hydroxylation is 1. The summed E-state index contributed by atoms with van der Waals surface area (Å²) in [6.07, 6.45) is 1.97. The van der Waals surface area contributed by atoms with Crippen LogP contribution in [0.5, 0.6) is 0 Å². The molecule has 0 bridgehead atoms. The molecule has 4 nitrogen and oxygen atoms in total. The van der Waals surface area contributed by atoms with E-state index in [2.05, 4.69) is 0 Å². The van der Waals surface area contributed by atoms with Gasteiger partial charge >= 0.3 is 11.9 Å². The summed E-state index contributed by atoms with van der Waals surface area (Å²) in [6, 6.07) is 6.06. The average Bonchev–Trinajstić information content (AvgIpc) is 2.46. The molecule has 0 saturated heterocycles. The van der Waals surface area contributed by atoms with E-state index in [1.54, 1.807) is 19.9 Å². The zero-order chi connectivity index (χ0) is 16.3. The van der Waals surface area contributed by atoms with Gasteiger partial charge in [0, 0.05) is 6.42 Å². The molecule has 2 rings (SSSR count). The molecule has 0 radical (unpaired) electrons. The number of hydrogen-bond acceptors (Lipinski definition) is 4. The molecule has 1 aromatic carbocycles. The molecule has 0 heterocycles. The zero-order valence-electron chi connectivity index (χ0n) is 13.6. The van der Waals surface area contributed by atoms with Crippen molar-refractivity contribution in [3.63, 3.8) is 0 Å². The van der Waals surface area contributed by atoms with E-state index in [4.69, 9.17) is 9.47 Å². The van der Waals surface area contributed by atoms with Crippen LogP contribution in [0.2, 0.25) is 0 Å². The van der Waals surface area contributed by atoms with E-state index in [1.807, 2.05) is 32.0 Å². The minimum Gasteiger partial charge on any atom is -0.465 e. The molecular weight excluding hydrogens is 280 g/mol. The molecule has 4 heteroatoms. The number of ether oxygens (including phenoxy) is 2. The van der Waals surface area contributed by atoms with Crippen LogP contribution in [0, 0.1) is 12.3 Å². The Labute approximate surface area is 131 Å². The van der Waals surface area contributed by atoms with E-state index in [9.17, 15) is 9.59 Å². The first kappa shape index (κ1) is 16.3. The van der Waals surface area contributed by atoms with Gasteiger partial charge in [0.2, 0.25) is 0 Å². The van der Waals surface area contributed by atoms with Crippen LogP contribution in [0.1, 0.15) is 37.5 Å². The largest absolute Gasteiger partial charge is 0.465 e. The van der Waals surface area contributed by atoms with Gasteiger partial charge in [-0.2, -0.15) is 0 Å². The third kappa shape index (κ3) is 2.78. The highest BCUT2D eigenvalue weighted by atomic mass is 16.6. The first-order valence-corrected chi connectivity index (χ1v) is 7.58. The molecule has 0 atom stereocenters. The summed E-state index contributed by atoms with van der Waals surface area (Å²) in [5.41, 5.74) is 2.64. The highest BCUT2D eigenvalue weighted by Gasteiger charge is 2.49. The fourth-order valence-corrected chi connectivity index (χ4v) is 2.92. The maximum Gasteiger partial charge on any atom is 0.327 e. The topological polar surface area (TPSA) is 52.6 Å². The van der Waals surface area contributed by atoms with Crippen molar-refractivity contribution in [1.82, 2.24) is 0 Å². The van der Waals surface area contributed by atoms with Crippen molar-refractivity contribution in [2.75, 3.05) is 13.2 Å². The van der Waals surface area contributed by atoms with Gasteiger partial charge in [0.1, 0.15) is 0 Å². The molecule has 0 amide bonds. The Morgan fingerprint density at radius 2 is 1.68 bits per heavy atom. The third-order valence-electron chi connectivity index (χ3n) is 3.90. The maximum atomic E-state index is 12.5. The van der Waals surface area contributed by atoms with Crippen LogP contribution in [0.25, 0.3) is 5.57 Å². The Morgan fingerprint density at radius 1 is 1.09 bits per heavy atom. The Hall–Kier alpha value is -2.10.